The molecule has 4 nitrogen and oxygen atoms in total. The van der Waals surface area contributed by atoms with Crippen LogP contribution in [-0.2, 0) is 0 Å². The van der Waals surface area contributed by atoms with E-state index in [1.54, 1.807) is 0 Å². The molecule has 36 heavy (non-hydrogen) atoms. The number of allylic oxidation sites excluding steroid dienone is 4. The summed E-state index contributed by atoms with van der Waals surface area (Å²) in [5, 5.41) is 6.13. The fourth-order valence-corrected chi connectivity index (χ4v) is 5.51. The minimum Gasteiger partial charge on any atom is -0.453 e. The number of anilines is 4. The standard InChI is InChI=1S/C32H27N3O/c1-2-34-29-14-8-9-15-31(29)36-32-21-23(17-19-30(32)34)33-22-16-18-28-26(20-22)25-12-6-7-13-27(25)35(28)24-10-4-3-5-11-24/h4,6-21,33H,2-3,5H2,1H3. The van der Waals surface area contributed by atoms with Crippen molar-refractivity contribution in [3.63, 3.8) is 0 Å². The predicted octanol–water partition coefficient (Wildman–Crippen LogP) is 8.99. The second kappa shape index (κ2) is 8.35. The lowest BCUT2D eigenvalue weighted by molar-refractivity contribution is 0.474. The van der Waals surface area contributed by atoms with Gasteiger partial charge in [-0.3, -0.25) is 0 Å². The third kappa shape index (κ3) is 3.29. The number of rotatable bonds is 4. The van der Waals surface area contributed by atoms with Gasteiger partial charge in [0, 0.05) is 40.5 Å². The van der Waals surface area contributed by atoms with Crippen LogP contribution in [0.15, 0.2) is 103 Å². The van der Waals surface area contributed by atoms with Gasteiger partial charge < -0.3 is 19.5 Å². The summed E-state index contributed by atoms with van der Waals surface area (Å²) < 4.78 is 8.67. The molecule has 4 aromatic carbocycles. The Labute approximate surface area is 210 Å². The molecule has 7 rings (SSSR count). The number of nitrogens with zero attached hydrogens (tertiary/aromatic N) is 2. The number of hydrogen-bond acceptors (Lipinski definition) is 3. The van der Waals surface area contributed by atoms with Gasteiger partial charge >= 0.3 is 0 Å². The van der Waals surface area contributed by atoms with E-state index >= 15 is 0 Å². The fraction of sp³-hybridized carbons (Fsp3) is 0.125. The van der Waals surface area contributed by atoms with Crippen molar-refractivity contribution in [3.05, 3.63) is 103 Å². The molecule has 4 heteroatoms. The van der Waals surface area contributed by atoms with Crippen LogP contribution in [0.2, 0.25) is 0 Å². The first-order chi connectivity index (χ1) is 17.8. The van der Waals surface area contributed by atoms with Crippen LogP contribution in [0.25, 0.3) is 27.5 Å². The molecule has 1 aliphatic carbocycles. The first kappa shape index (κ1) is 20.9. The van der Waals surface area contributed by atoms with Gasteiger partial charge in [-0.2, -0.15) is 0 Å². The van der Waals surface area contributed by atoms with Crippen molar-refractivity contribution in [1.29, 1.82) is 0 Å². The van der Waals surface area contributed by atoms with Crippen LogP contribution in [0, 0.1) is 0 Å². The molecule has 0 fully saturated rings. The first-order valence-corrected chi connectivity index (χ1v) is 12.7. The SMILES string of the molecule is CCN1c2ccccc2Oc2cc(Nc3ccc4c(c3)c3ccccc3n4C3=CCCC=C3)ccc21. The lowest BCUT2D eigenvalue weighted by atomic mass is 10.1. The summed E-state index contributed by atoms with van der Waals surface area (Å²) >= 11 is 0. The minimum atomic E-state index is 0.870. The van der Waals surface area contributed by atoms with Gasteiger partial charge in [0.25, 0.3) is 0 Å². The highest BCUT2D eigenvalue weighted by Crippen LogP contribution is 2.47. The Morgan fingerprint density at radius 2 is 1.53 bits per heavy atom. The molecule has 0 bridgehead atoms. The van der Waals surface area contributed by atoms with Crippen molar-refractivity contribution >= 4 is 50.3 Å². The third-order valence-electron chi connectivity index (χ3n) is 7.14. The maximum Gasteiger partial charge on any atom is 0.153 e. The second-order valence-electron chi connectivity index (χ2n) is 9.31. The third-order valence-corrected chi connectivity index (χ3v) is 7.14. The van der Waals surface area contributed by atoms with Crippen molar-refractivity contribution in [2.75, 3.05) is 16.8 Å². The van der Waals surface area contributed by atoms with Gasteiger partial charge in [0.15, 0.2) is 11.5 Å². The second-order valence-corrected chi connectivity index (χ2v) is 9.31. The number of aromatic nitrogens is 1. The Kier molecular flexibility index (Phi) is 4.84. The maximum absolute atomic E-state index is 6.29. The van der Waals surface area contributed by atoms with Gasteiger partial charge in [-0.15, -0.1) is 0 Å². The number of ether oxygens (including phenoxy) is 1. The van der Waals surface area contributed by atoms with Gasteiger partial charge in [0.2, 0.25) is 0 Å². The van der Waals surface area contributed by atoms with Crippen LogP contribution < -0.4 is 15.0 Å². The molecule has 1 N–H and O–H groups in total. The van der Waals surface area contributed by atoms with Crippen molar-refractivity contribution in [2.24, 2.45) is 0 Å². The first-order valence-electron chi connectivity index (χ1n) is 12.7. The summed E-state index contributed by atoms with van der Waals surface area (Å²) in [4.78, 5) is 2.30. The molecule has 5 aromatic rings. The number of nitrogens with one attached hydrogen (secondary N) is 1. The van der Waals surface area contributed by atoms with Gasteiger partial charge in [0.1, 0.15) is 0 Å². The fourth-order valence-electron chi connectivity index (χ4n) is 5.51. The van der Waals surface area contributed by atoms with Gasteiger partial charge in [-0.25, -0.2) is 0 Å². The normalized spacial score (nSPS) is 14.4. The zero-order valence-electron chi connectivity index (χ0n) is 20.2. The Bertz CT molecular complexity index is 1690. The van der Waals surface area contributed by atoms with Gasteiger partial charge in [-0.05, 0) is 74.4 Å². The van der Waals surface area contributed by atoms with E-state index in [1.165, 1.54) is 27.5 Å². The molecule has 2 aliphatic rings. The Balaban J connectivity index is 1.28. The molecule has 0 unspecified atom stereocenters. The zero-order valence-corrected chi connectivity index (χ0v) is 20.2. The van der Waals surface area contributed by atoms with Crippen LogP contribution in [0.3, 0.4) is 0 Å². The van der Waals surface area contributed by atoms with Crippen LogP contribution in [0.1, 0.15) is 19.8 Å². The van der Waals surface area contributed by atoms with E-state index in [-0.39, 0.29) is 0 Å². The highest BCUT2D eigenvalue weighted by atomic mass is 16.5. The van der Waals surface area contributed by atoms with E-state index in [4.69, 9.17) is 4.74 Å². The minimum absolute atomic E-state index is 0.870. The molecule has 1 aliphatic heterocycles. The highest BCUT2D eigenvalue weighted by Gasteiger charge is 2.23. The van der Waals surface area contributed by atoms with Crippen LogP contribution in [0.4, 0.5) is 22.7 Å². The molecular formula is C32H27N3O. The van der Waals surface area contributed by atoms with Crippen molar-refractivity contribution < 1.29 is 4.74 Å². The number of fused-ring (bicyclic) bond motifs is 5. The molecule has 0 radical (unpaired) electrons. The molecular weight excluding hydrogens is 442 g/mol. The summed E-state index contributed by atoms with van der Waals surface area (Å²) in [5.41, 5.74) is 7.98. The van der Waals surface area contributed by atoms with Gasteiger partial charge in [-0.1, -0.05) is 42.5 Å². The summed E-state index contributed by atoms with van der Waals surface area (Å²) in [6.07, 6.45) is 9.04. The zero-order chi connectivity index (χ0) is 24.1. The molecule has 2 heterocycles. The quantitative estimate of drug-likeness (QED) is 0.285. The molecule has 0 atom stereocenters. The molecule has 0 amide bonds. The molecule has 0 saturated carbocycles. The van der Waals surface area contributed by atoms with E-state index < -0.39 is 0 Å². The van der Waals surface area contributed by atoms with E-state index in [2.05, 4.69) is 113 Å². The highest BCUT2D eigenvalue weighted by molar-refractivity contribution is 6.11. The summed E-state index contributed by atoms with van der Waals surface area (Å²) in [6.45, 7) is 3.05. The predicted molar refractivity (Wildman–Crippen MR) is 151 cm³/mol. The summed E-state index contributed by atoms with van der Waals surface area (Å²) in [6, 6.07) is 29.9. The van der Waals surface area contributed by atoms with Crippen LogP contribution >= 0.6 is 0 Å². The van der Waals surface area contributed by atoms with E-state index in [9.17, 15) is 0 Å². The van der Waals surface area contributed by atoms with E-state index in [1.807, 2.05) is 12.1 Å². The molecule has 0 saturated heterocycles. The topological polar surface area (TPSA) is 29.4 Å². The largest absolute Gasteiger partial charge is 0.453 e. The Hall–Kier alpha value is -4.44. The lowest BCUT2D eigenvalue weighted by Crippen LogP contribution is -2.20. The summed E-state index contributed by atoms with van der Waals surface area (Å²) in [7, 11) is 0. The Morgan fingerprint density at radius 3 is 2.42 bits per heavy atom. The van der Waals surface area contributed by atoms with Crippen LogP contribution in [0.5, 0.6) is 11.5 Å². The Morgan fingerprint density at radius 1 is 0.750 bits per heavy atom. The maximum atomic E-state index is 6.29. The number of hydrogen-bond donors (Lipinski definition) is 1. The van der Waals surface area contributed by atoms with E-state index in [0.29, 0.717) is 0 Å². The van der Waals surface area contributed by atoms with Gasteiger partial charge in [0.05, 0.1) is 22.4 Å². The number of benzene rings is 4. The summed E-state index contributed by atoms with van der Waals surface area (Å²) in [5.74, 6) is 1.76. The molecule has 0 spiro atoms. The van der Waals surface area contributed by atoms with Crippen molar-refractivity contribution in [1.82, 2.24) is 4.57 Å². The number of para-hydroxylation sites is 3. The molecule has 176 valence electrons. The monoisotopic (exact) mass is 469 g/mol. The average Bonchev–Trinajstić information content (AvgIpc) is 3.26. The van der Waals surface area contributed by atoms with Crippen LogP contribution in [-0.4, -0.2) is 11.1 Å². The van der Waals surface area contributed by atoms with Crippen molar-refractivity contribution in [3.8, 4) is 11.5 Å². The van der Waals surface area contributed by atoms with Crippen molar-refractivity contribution in [2.45, 2.75) is 19.8 Å². The smallest absolute Gasteiger partial charge is 0.153 e. The average molecular weight is 470 g/mol. The molecule has 1 aromatic heterocycles. The van der Waals surface area contributed by atoms with E-state index in [0.717, 1.165) is 53.6 Å². The lowest BCUT2D eigenvalue weighted by Gasteiger charge is -2.32.